The van der Waals surface area contributed by atoms with Crippen LogP contribution in [0.1, 0.15) is 44.7 Å². The van der Waals surface area contributed by atoms with E-state index in [-0.39, 0.29) is 43.6 Å². The van der Waals surface area contributed by atoms with Crippen molar-refractivity contribution in [1.29, 1.82) is 0 Å². The Morgan fingerprint density at radius 3 is 2.26 bits per heavy atom. The molecule has 0 saturated carbocycles. The van der Waals surface area contributed by atoms with Crippen LogP contribution >= 0.6 is 23.2 Å². The Balaban J connectivity index is 2.25. The second-order valence-electron chi connectivity index (χ2n) is 9.08. The standard InChI is InChI=1S/C25H30Cl2F3N3O4S/c1-16(2)31-24(35)17(3)32(15-18-10-11-20(26)14-22(18)27)23(34)9-6-12-33(38(4,36)37)21-8-5-7-19(13-21)25(28,29)30/h5,7-8,10-11,13-14,16-17H,6,9,12,15H2,1-4H3,(H,31,35). The van der Waals surface area contributed by atoms with Gasteiger partial charge >= 0.3 is 6.18 Å². The van der Waals surface area contributed by atoms with Crippen LogP contribution in [0.15, 0.2) is 42.5 Å². The number of rotatable bonds is 11. The number of nitrogens with zero attached hydrogens (tertiary/aromatic N) is 2. The number of benzene rings is 2. The van der Waals surface area contributed by atoms with E-state index < -0.39 is 33.7 Å². The molecule has 2 rings (SSSR count). The van der Waals surface area contributed by atoms with Crippen molar-refractivity contribution in [1.82, 2.24) is 10.2 Å². The van der Waals surface area contributed by atoms with E-state index in [0.29, 0.717) is 15.6 Å². The third kappa shape index (κ3) is 9.06. The van der Waals surface area contributed by atoms with Crippen molar-refractivity contribution in [3.63, 3.8) is 0 Å². The SMILES string of the molecule is CC(C)NC(=O)C(C)N(Cc1ccc(Cl)cc1Cl)C(=O)CCCN(c1cccc(C(F)(F)F)c1)S(C)(=O)=O. The molecule has 0 aliphatic rings. The van der Waals surface area contributed by atoms with Gasteiger partial charge in [0.1, 0.15) is 6.04 Å². The lowest BCUT2D eigenvalue weighted by molar-refractivity contribution is -0.140. The fourth-order valence-electron chi connectivity index (χ4n) is 3.66. The molecule has 1 unspecified atom stereocenters. The zero-order chi connectivity index (χ0) is 28.8. The highest BCUT2D eigenvalue weighted by Gasteiger charge is 2.32. The summed E-state index contributed by atoms with van der Waals surface area (Å²) in [6.07, 6.45) is -3.95. The zero-order valence-electron chi connectivity index (χ0n) is 21.4. The molecule has 7 nitrogen and oxygen atoms in total. The van der Waals surface area contributed by atoms with Crippen LogP contribution in [0.4, 0.5) is 18.9 Å². The Labute approximate surface area is 230 Å². The predicted molar refractivity (Wildman–Crippen MR) is 143 cm³/mol. The molecular formula is C25H30Cl2F3N3O4S. The summed E-state index contributed by atoms with van der Waals surface area (Å²) < 4.78 is 65.1. The van der Waals surface area contributed by atoms with Gasteiger partial charge in [0.25, 0.3) is 0 Å². The minimum Gasteiger partial charge on any atom is -0.352 e. The number of halogens is 5. The summed E-state index contributed by atoms with van der Waals surface area (Å²) in [5.41, 5.74) is -0.602. The molecule has 0 saturated heterocycles. The summed E-state index contributed by atoms with van der Waals surface area (Å²) in [4.78, 5) is 27.3. The normalized spacial score (nSPS) is 12.8. The first-order chi connectivity index (χ1) is 17.5. The summed E-state index contributed by atoms with van der Waals surface area (Å²) in [6.45, 7) is 4.87. The van der Waals surface area contributed by atoms with Crippen LogP contribution in [0.5, 0.6) is 0 Å². The molecule has 1 N–H and O–H groups in total. The lowest BCUT2D eigenvalue weighted by Gasteiger charge is -2.30. The predicted octanol–water partition coefficient (Wildman–Crippen LogP) is 5.50. The van der Waals surface area contributed by atoms with Crippen molar-refractivity contribution in [2.24, 2.45) is 0 Å². The number of carbonyl (C=O) groups excluding carboxylic acids is 2. The number of nitrogens with one attached hydrogen (secondary N) is 1. The van der Waals surface area contributed by atoms with Gasteiger partial charge in [0.15, 0.2) is 0 Å². The zero-order valence-corrected chi connectivity index (χ0v) is 23.7. The third-order valence-corrected chi connectivity index (χ3v) is 7.35. The van der Waals surface area contributed by atoms with Crippen molar-refractivity contribution < 1.29 is 31.2 Å². The molecule has 13 heteroatoms. The molecule has 0 aliphatic heterocycles. The molecule has 1 atom stereocenters. The average molecular weight is 596 g/mol. The number of carbonyl (C=O) groups is 2. The Morgan fingerprint density at radius 2 is 1.71 bits per heavy atom. The molecule has 210 valence electrons. The minimum atomic E-state index is -4.65. The van der Waals surface area contributed by atoms with Gasteiger partial charge in [-0.05, 0) is 63.1 Å². The van der Waals surface area contributed by atoms with Gasteiger partial charge in [0, 0.05) is 35.6 Å². The van der Waals surface area contributed by atoms with Gasteiger partial charge in [0.2, 0.25) is 21.8 Å². The second-order valence-corrected chi connectivity index (χ2v) is 11.8. The highest BCUT2D eigenvalue weighted by molar-refractivity contribution is 7.92. The molecule has 2 aromatic rings. The van der Waals surface area contributed by atoms with E-state index in [1.807, 2.05) is 0 Å². The van der Waals surface area contributed by atoms with E-state index >= 15 is 0 Å². The van der Waals surface area contributed by atoms with Gasteiger partial charge < -0.3 is 10.2 Å². The highest BCUT2D eigenvalue weighted by Crippen LogP contribution is 2.32. The van der Waals surface area contributed by atoms with Crippen molar-refractivity contribution in [2.75, 3.05) is 17.1 Å². The van der Waals surface area contributed by atoms with Crippen molar-refractivity contribution in [2.45, 2.75) is 58.4 Å². The van der Waals surface area contributed by atoms with Gasteiger partial charge in [-0.25, -0.2) is 8.42 Å². The molecule has 0 heterocycles. The summed E-state index contributed by atoms with van der Waals surface area (Å²) in [5.74, 6) is -0.847. The molecule has 0 aromatic heterocycles. The van der Waals surface area contributed by atoms with Gasteiger partial charge in [-0.2, -0.15) is 13.2 Å². The van der Waals surface area contributed by atoms with Crippen LogP contribution < -0.4 is 9.62 Å². The first-order valence-corrected chi connectivity index (χ1v) is 14.3. The van der Waals surface area contributed by atoms with E-state index in [2.05, 4.69) is 5.32 Å². The average Bonchev–Trinajstić information content (AvgIpc) is 2.79. The summed E-state index contributed by atoms with van der Waals surface area (Å²) in [5, 5.41) is 3.46. The van der Waals surface area contributed by atoms with Gasteiger partial charge in [-0.1, -0.05) is 35.3 Å². The Bertz CT molecular complexity index is 1260. The molecule has 2 amide bonds. The third-order valence-electron chi connectivity index (χ3n) is 5.57. The number of sulfonamides is 1. The quantitative estimate of drug-likeness (QED) is 0.371. The van der Waals surface area contributed by atoms with Gasteiger partial charge in [0.05, 0.1) is 17.5 Å². The van der Waals surface area contributed by atoms with Crippen LogP contribution in [-0.4, -0.2) is 50.0 Å². The second kappa shape index (κ2) is 13.0. The topological polar surface area (TPSA) is 86.8 Å². The van der Waals surface area contributed by atoms with Crippen LogP contribution in [0, 0.1) is 0 Å². The van der Waals surface area contributed by atoms with Gasteiger partial charge in [-0.3, -0.25) is 13.9 Å². The summed E-state index contributed by atoms with van der Waals surface area (Å²) in [6, 6.07) is 7.66. The molecule has 0 bridgehead atoms. The molecule has 2 aromatic carbocycles. The monoisotopic (exact) mass is 595 g/mol. The van der Waals surface area contributed by atoms with E-state index in [0.717, 1.165) is 28.8 Å². The Hall–Kier alpha value is -2.50. The van der Waals surface area contributed by atoms with Crippen LogP contribution in [0.3, 0.4) is 0 Å². The number of alkyl halides is 3. The van der Waals surface area contributed by atoms with E-state index in [9.17, 15) is 31.2 Å². The smallest absolute Gasteiger partial charge is 0.352 e. The first-order valence-electron chi connectivity index (χ1n) is 11.7. The lowest BCUT2D eigenvalue weighted by Crippen LogP contribution is -2.49. The van der Waals surface area contributed by atoms with Crippen molar-refractivity contribution >= 4 is 50.7 Å². The number of amides is 2. The highest BCUT2D eigenvalue weighted by atomic mass is 35.5. The minimum absolute atomic E-state index is 0.00841. The van der Waals surface area contributed by atoms with E-state index in [4.69, 9.17) is 23.2 Å². The van der Waals surface area contributed by atoms with Crippen LogP contribution in [0.2, 0.25) is 10.0 Å². The number of hydrogen-bond donors (Lipinski definition) is 1. The largest absolute Gasteiger partial charge is 0.416 e. The van der Waals surface area contributed by atoms with Crippen molar-refractivity contribution in [3.05, 3.63) is 63.6 Å². The van der Waals surface area contributed by atoms with E-state index in [1.54, 1.807) is 32.9 Å². The fourth-order valence-corrected chi connectivity index (χ4v) is 5.09. The van der Waals surface area contributed by atoms with E-state index in [1.165, 1.54) is 17.0 Å². The lowest BCUT2D eigenvalue weighted by atomic mass is 10.1. The molecule has 0 fully saturated rings. The maximum absolute atomic E-state index is 13.3. The summed E-state index contributed by atoms with van der Waals surface area (Å²) >= 11 is 12.2. The van der Waals surface area contributed by atoms with Crippen molar-refractivity contribution in [3.8, 4) is 0 Å². The first kappa shape index (κ1) is 31.7. The molecule has 0 radical (unpaired) electrons. The molecule has 0 spiro atoms. The van der Waals surface area contributed by atoms with Gasteiger partial charge in [-0.15, -0.1) is 0 Å². The molecule has 38 heavy (non-hydrogen) atoms. The maximum Gasteiger partial charge on any atom is 0.416 e. The summed E-state index contributed by atoms with van der Waals surface area (Å²) in [7, 11) is -3.95. The van der Waals surface area contributed by atoms with Crippen LogP contribution in [-0.2, 0) is 32.3 Å². The Morgan fingerprint density at radius 1 is 1.05 bits per heavy atom. The number of hydrogen-bond acceptors (Lipinski definition) is 4. The fraction of sp³-hybridized carbons (Fsp3) is 0.440. The molecular weight excluding hydrogens is 566 g/mol. The number of anilines is 1. The Kier molecular flexibility index (Phi) is 10.9. The maximum atomic E-state index is 13.3. The van der Waals surface area contributed by atoms with Crippen LogP contribution in [0.25, 0.3) is 0 Å². The molecule has 0 aliphatic carbocycles.